The summed E-state index contributed by atoms with van der Waals surface area (Å²) in [6.07, 6.45) is 1.59. The number of hydrogen-bond donors (Lipinski definition) is 1. The minimum atomic E-state index is -3.67. The first kappa shape index (κ1) is 16.3. The van der Waals surface area contributed by atoms with Gasteiger partial charge in [-0.05, 0) is 23.6 Å². The molecule has 1 aromatic carbocycles. The Bertz CT molecular complexity index is 1110. The highest BCUT2D eigenvalue weighted by Crippen LogP contribution is 2.28. The molecule has 0 unspecified atom stereocenters. The van der Waals surface area contributed by atoms with E-state index < -0.39 is 10.0 Å². The molecule has 0 atom stereocenters. The average Bonchev–Trinajstić information content (AvgIpc) is 3.31. The van der Waals surface area contributed by atoms with Crippen LogP contribution in [-0.2, 0) is 16.6 Å². The molecule has 5 nitrogen and oxygen atoms in total. The van der Waals surface area contributed by atoms with Gasteiger partial charge in [-0.25, -0.2) is 18.1 Å². The van der Waals surface area contributed by atoms with Crippen molar-refractivity contribution >= 4 is 43.6 Å². The van der Waals surface area contributed by atoms with Gasteiger partial charge in [0.05, 0.1) is 22.6 Å². The van der Waals surface area contributed by atoms with Gasteiger partial charge in [0, 0.05) is 17.0 Å². The van der Waals surface area contributed by atoms with Crippen molar-refractivity contribution in [2.45, 2.75) is 11.4 Å². The minimum absolute atomic E-state index is 0.146. The molecule has 25 heavy (non-hydrogen) atoms. The number of pyridine rings is 1. The molecule has 0 spiro atoms. The largest absolute Gasteiger partial charge is 0.255 e. The molecular formula is C17H13N3O2S3. The molecule has 3 aromatic heterocycles. The normalized spacial score (nSPS) is 11.8. The second kappa shape index (κ2) is 6.64. The SMILES string of the molecule is O=S(=O)(NCc1csc(-c2cccs2)n1)c1cccc2cccnc12. The third kappa shape index (κ3) is 3.34. The van der Waals surface area contributed by atoms with E-state index in [1.807, 2.05) is 35.0 Å². The van der Waals surface area contributed by atoms with Gasteiger partial charge in [0.25, 0.3) is 0 Å². The Balaban J connectivity index is 1.58. The van der Waals surface area contributed by atoms with Crippen molar-refractivity contribution < 1.29 is 8.42 Å². The second-order valence-corrected chi connectivity index (χ2v) is 8.82. The van der Waals surface area contributed by atoms with Crippen molar-refractivity contribution in [2.24, 2.45) is 0 Å². The Hall–Kier alpha value is -2.13. The lowest BCUT2D eigenvalue weighted by atomic mass is 10.2. The molecule has 0 bridgehead atoms. The van der Waals surface area contributed by atoms with Gasteiger partial charge >= 0.3 is 0 Å². The van der Waals surface area contributed by atoms with Crippen LogP contribution in [0.4, 0.5) is 0 Å². The number of hydrogen-bond acceptors (Lipinski definition) is 6. The number of benzene rings is 1. The van der Waals surface area contributed by atoms with Crippen molar-refractivity contribution in [3.63, 3.8) is 0 Å². The van der Waals surface area contributed by atoms with Gasteiger partial charge in [0.15, 0.2) is 0 Å². The van der Waals surface area contributed by atoms with Gasteiger partial charge in [0.2, 0.25) is 10.0 Å². The first-order valence-electron chi connectivity index (χ1n) is 7.45. The summed E-state index contributed by atoms with van der Waals surface area (Å²) in [5, 5.41) is 5.56. The molecule has 0 saturated heterocycles. The summed E-state index contributed by atoms with van der Waals surface area (Å²) in [7, 11) is -3.67. The van der Waals surface area contributed by atoms with Crippen molar-refractivity contribution in [2.75, 3.05) is 0 Å². The summed E-state index contributed by atoms with van der Waals surface area (Å²) >= 11 is 3.12. The molecule has 0 aliphatic carbocycles. The number of thiazole rings is 1. The van der Waals surface area contributed by atoms with Crippen molar-refractivity contribution in [3.8, 4) is 9.88 Å². The van der Waals surface area contributed by atoms with Crippen molar-refractivity contribution in [1.82, 2.24) is 14.7 Å². The lowest BCUT2D eigenvalue weighted by molar-refractivity contribution is 0.581. The molecule has 8 heteroatoms. The highest BCUT2D eigenvalue weighted by molar-refractivity contribution is 7.89. The number of nitrogens with one attached hydrogen (secondary N) is 1. The molecule has 126 valence electrons. The Morgan fingerprint density at radius 2 is 1.92 bits per heavy atom. The fourth-order valence-electron chi connectivity index (χ4n) is 2.44. The maximum Gasteiger partial charge on any atom is 0.243 e. The van der Waals surface area contributed by atoms with Gasteiger partial charge in [-0.3, -0.25) is 4.98 Å². The van der Waals surface area contributed by atoms with Crippen LogP contribution in [-0.4, -0.2) is 18.4 Å². The number of nitrogens with zero attached hydrogens (tertiary/aromatic N) is 2. The van der Waals surface area contributed by atoms with Crippen LogP contribution in [0.25, 0.3) is 20.8 Å². The summed E-state index contributed by atoms with van der Waals surface area (Å²) < 4.78 is 28.0. The monoisotopic (exact) mass is 387 g/mol. The van der Waals surface area contributed by atoms with Gasteiger partial charge in [-0.1, -0.05) is 24.3 Å². The number of sulfonamides is 1. The summed E-state index contributed by atoms with van der Waals surface area (Å²) in [6.45, 7) is 0.146. The summed E-state index contributed by atoms with van der Waals surface area (Å²) in [5.41, 5.74) is 1.17. The summed E-state index contributed by atoms with van der Waals surface area (Å²) in [4.78, 5) is 9.97. The first-order chi connectivity index (χ1) is 12.1. The minimum Gasteiger partial charge on any atom is -0.255 e. The number of aromatic nitrogens is 2. The zero-order valence-electron chi connectivity index (χ0n) is 12.9. The molecule has 1 N–H and O–H groups in total. The Kier molecular flexibility index (Phi) is 4.34. The molecule has 4 rings (SSSR count). The molecular weight excluding hydrogens is 374 g/mol. The lowest BCUT2D eigenvalue weighted by Gasteiger charge is -2.08. The molecule has 0 amide bonds. The molecule has 0 aliphatic rings. The van der Waals surface area contributed by atoms with Crippen LogP contribution in [0, 0.1) is 0 Å². The predicted octanol–water partition coefficient (Wildman–Crippen LogP) is 3.90. The first-order valence-corrected chi connectivity index (χ1v) is 10.7. The lowest BCUT2D eigenvalue weighted by Crippen LogP contribution is -2.23. The molecule has 3 heterocycles. The summed E-state index contributed by atoms with van der Waals surface area (Å²) in [5.74, 6) is 0. The van der Waals surface area contributed by atoms with E-state index in [9.17, 15) is 8.42 Å². The summed E-state index contributed by atoms with van der Waals surface area (Å²) in [6, 6.07) is 12.7. The topological polar surface area (TPSA) is 72.0 Å². The van der Waals surface area contributed by atoms with E-state index in [0.29, 0.717) is 11.2 Å². The Morgan fingerprint density at radius 3 is 2.76 bits per heavy atom. The maximum absolute atomic E-state index is 12.7. The number of rotatable bonds is 5. The fraction of sp³-hybridized carbons (Fsp3) is 0.0588. The molecule has 0 saturated carbocycles. The van der Waals surface area contributed by atoms with Crippen LogP contribution >= 0.6 is 22.7 Å². The highest BCUT2D eigenvalue weighted by atomic mass is 32.2. The van der Waals surface area contributed by atoms with Crippen LogP contribution in [0.5, 0.6) is 0 Å². The predicted molar refractivity (Wildman–Crippen MR) is 101 cm³/mol. The van der Waals surface area contributed by atoms with E-state index in [1.165, 1.54) is 11.3 Å². The van der Waals surface area contributed by atoms with Crippen LogP contribution in [0.3, 0.4) is 0 Å². The number of thiophene rings is 1. The third-order valence-electron chi connectivity index (χ3n) is 3.61. The second-order valence-electron chi connectivity index (χ2n) is 5.28. The Labute approximate surface area is 153 Å². The van der Waals surface area contributed by atoms with Crippen LogP contribution in [0.1, 0.15) is 5.69 Å². The maximum atomic E-state index is 12.7. The third-order valence-corrected chi connectivity index (χ3v) is 6.98. The number of para-hydroxylation sites is 1. The van der Waals surface area contributed by atoms with Gasteiger partial charge in [-0.15, -0.1) is 22.7 Å². The van der Waals surface area contributed by atoms with Crippen LogP contribution in [0.15, 0.2) is 64.3 Å². The molecule has 0 aliphatic heterocycles. The van der Waals surface area contributed by atoms with E-state index in [-0.39, 0.29) is 11.4 Å². The van der Waals surface area contributed by atoms with Crippen LogP contribution < -0.4 is 4.72 Å². The quantitative estimate of drug-likeness (QED) is 0.564. The standard InChI is InChI=1S/C17H13N3O2S3/c21-25(22,15-7-1-4-12-5-2-8-18-16(12)15)19-10-13-11-24-17(20-13)14-6-3-9-23-14/h1-9,11,19H,10H2. The van der Waals surface area contributed by atoms with Crippen LogP contribution in [0.2, 0.25) is 0 Å². The molecule has 0 radical (unpaired) electrons. The zero-order chi connectivity index (χ0) is 17.3. The Morgan fingerprint density at radius 1 is 1.04 bits per heavy atom. The van der Waals surface area contributed by atoms with Gasteiger partial charge in [0.1, 0.15) is 9.90 Å². The van der Waals surface area contributed by atoms with E-state index in [2.05, 4.69) is 14.7 Å². The van der Waals surface area contributed by atoms with Crippen molar-refractivity contribution in [1.29, 1.82) is 0 Å². The zero-order valence-corrected chi connectivity index (χ0v) is 15.4. The van der Waals surface area contributed by atoms with Gasteiger partial charge in [-0.2, -0.15) is 0 Å². The molecule has 4 aromatic rings. The highest BCUT2D eigenvalue weighted by Gasteiger charge is 2.18. The fourth-order valence-corrected chi connectivity index (χ4v) is 5.25. The average molecular weight is 388 g/mol. The van der Waals surface area contributed by atoms with Gasteiger partial charge < -0.3 is 0 Å². The van der Waals surface area contributed by atoms with E-state index in [0.717, 1.165) is 15.3 Å². The van der Waals surface area contributed by atoms with E-state index in [1.54, 1.807) is 35.7 Å². The van der Waals surface area contributed by atoms with E-state index >= 15 is 0 Å². The smallest absolute Gasteiger partial charge is 0.243 e. The van der Waals surface area contributed by atoms with Crippen molar-refractivity contribution in [3.05, 3.63) is 65.1 Å². The van der Waals surface area contributed by atoms with E-state index in [4.69, 9.17) is 0 Å². The number of fused-ring (bicyclic) bond motifs is 1. The molecule has 0 fully saturated rings.